The van der Waals surface area contributed by atoms with Crippen LogP contribution in [0.2, 0.25) is 0 Å². The van der Waals surface area contributed by atoms with Crippen molar-refractivity contribution in [2.75, 3.05) is 32.1 Å². The number of nitrogens with zero attached hydrogens (tertiary/aromatic N) is 1. The van der Waals surface area contributed by atoms with Crippen molar-refractivity contribution in [3.8, 4) is 0 Å². The van der Waals surface area contributed by atoms with E-state index in [1.807, 2.05) is 0 Å². The Balaban J connectivity index is 2.21. The zero-order valence-corrected chi connectivity index (χ0v) is 12.9. The first-order valence-corrected chi connectivity index (χ1v) is 7.58. The molecule has 0 saturated carbocycles. The van der Waals surface area contributed by atoms with Crippen molar-refractivity contribution in [2.45, 2.75) is 39.0 Å². The minimum Gasteiger partial charge on any atom is -0.377 e. The van der Waals surface area contributed by atoms with E-state index in [0.29, 0.717) is 5.92 Å². The lowest BCUT2D eigenvalue weighted by Crippen LogP contribution is -2.29. The summed E-state index contributed by atoms with van der Waals surface area (Å²) in [6.07, 6.45) is 3.87. The first kappa shape index (κ1) is 14.4. The van der Waals surface area contributed by atoms with Gasteiger partial charge in [0, 0.05) is 19.8 Å². The second-order valence-electron chi connectivity index (χ2n) is 6.33. The maximum atomic E-state index is 3.46. The predicted octanol–water partition coefficient (Wildman–Crippen LogP) is 3.42. The van der Waals surface area contributed by atoms with Gasteiger partial charge in [-0.25, -0.2) is 0 Å². The molecule has 1 N–H and O–H groups in total. The van der Waals surface area contributed by atoms with Crippen molar-refractivity contribution in [2.24, 2.45) is 5.92 Å². The number of rotatable bonds is 4. The average molecular weight is 260 g/mol. The highest BCUT2D eigenvalue weighted by Gasteiger charge is 2.16. The monoisotopic (exact) mass is 260 g/mol. The zero-order valence-electron chi connectivity index (χ0n) is 12.9. The Bertz CT molecular complexity index is 404. The summed E-state index contributed by atoms with van der Waals surface area (Å²) < 4.78 is 0. The Labute approximate surface area is 118 Å². The van der Waals surface area contributed by atoms with E-state index in [1.54, 1.807) is 0 Å². The quantitative estimate of drug-likeness (QED) is 0.892. The molecule has 1 aliphatic rings. The zero-order chi connectivity index (χ0) is 13.8. The SMILES string of the molecule is CC(C)c1ccc(N(C)C)c(CC2CCNCC2)c1. The first-order valence-electron chi connectivity index (χ1n) is 7.58. The highest BCUT2D eigenvalue weighted by atomic mass is 15.1. The van der Waals surface area contributed by atoms with E-state index >= 15 is 0 Å². The Hall–Kier alpha value is -1.02. The summed E-state index contributed by atoms with van der Waals surface area (Å²) in [6.45, 7) is 6.93. The highest BCUT2D eigenvalue weighted by Crippen LogP contribution is 2.28. The highest BCUT2D eigenvalue weighted by molar-refractivity contribution is 5.54. The molecular formula is C17H28N2. The van der Waals surface area contributed by atoms with Crippen LogP contribution in [-0.4, -0.2) is 27.2 Å². The second-order valence-corrected chi connectivity index (χ2v) is 6.33. The van der Waals surface area contributed by atoms with Crippen molar-refractivity contribution in [3.05, 3.63) is 29.3 Å². The molecule has 1 fully saturated rings. The van der Waals surface area contributed by atoms with Gasteiger partial charge in [-0.15, -0.1) is 0 Å². The van der Waals surface area contributed by atoms with Crippen molar-refractivity contribution in [3.63, 3.8) is 0 Å². The summed E-state index contributed by atoms with van der Waals surface area (Å²) in [5.41, 5.74) is 4.39. The molecule has 0 amide bonds. The molecule has 2 nitrogen and oxygen atoms in total. The Morgan fingerprint density at radius 2 is 1.89 bits per heavy atom. The number of anilines is 1. The molecule has 0 aliphatic carbocycles. The largest absolute Gasteiger partial charge is 0.377 e. The van der Waals surface area contributed by atoms with Crippen LogP contribution in [0.15, 0.2) is 18.2 Å². The average Bonchev–Trinajstić information content (AvgIpc) is 2.39. The third kappa shape index (κ3) is 3.73. The lowest BCUT2D eigenvalue weighted by molar-refractivity contribution is 0.372. The first-order chi connectivity index (χ1) is 9.08. The molecule has 1 aromatic rings. The van der Waals surface area contributed by atoms with Gasteiger partial charge in [0.2, 0.25) is 0 Å². The maximum absolute atomic E-state index is 3.46. The van der Waals surface area contributed by atoms with Crippen LogP contribution < -0.4 is 10.2 Å². The minimum atomic E-state index is 0.614. The third-order valence-corrected chi connectivity index (χ3v) is 4.22. The van der Waals surface area contributed by atoms with Gasteiger partial charge >= 0.3 is 0 Å². The van der Waals surface area contributed by atoms with Gasteiger partial charge in [0.05, 0.1) is 0 Å². The molecule has 0 radical (unpaired) electrons. The van der Waals surface area contributed by atoms with Gasteiger partial charge in [-0.1, -0.05) is 26.0 Å². The topological polar surface area (TPSA) is 15.3 Å². The van der Waals surface area contributed by atoms with Crippen molar-refractivity contribution < 1.29 is 0 Å². The van der Waals surface area contributed by atoms with Crippen LogP contribution in [0.25, 0.3) is 0 Å². The van der Waals surface area contributed by atoms with Crippen LogP contribution in [0.5, 0.6) is 0 Å². The summed E-state index contributed by atoms with van der Waals surface area (Å²) in [5.74, 6) is 1.46. The van der Waals surface area contributed by atoms with E-state index in [-0.39, 0.29) is 0 Å². The molecule has 1 aromatic carbocycles. The number of hydrogen-bond acceptors (Lipinski definition) is 2. The Kier molecular flexibility index (Phi) is 4.87. The van der Waals surface area contributed by atoms with E-state index < -0.39 is 0 Å². The summed E-state index contributed by atoms with van der Waals surface area (Å²) >= 11 is 0. The molecule has 106 valence electrons. The van der Waals surface area contributed by atoms with Crippen molar-refractivity contribution in [1.82, 2.24) is 5.32 Å². The molecule has 19 heavy (non-hydrogen) atoms. The summed E-state index contributed by atoms with van der Waals surface area (Å²) in [7, 11) is 4.30. The summed E-state index contributed by atoms with van der Waals surface area (Å²) in [6, 6.07) is 7.01. The van der Waals surface area contributed by atoms with E-state index in [0.717, 1.165) is 5.92 Å². The summed E-state index contributed by atoms with van der Waals surface area (Å²) in [4.78, 5) is 2.25. The van der Waals surface area contributed by atoms with Crippen LogP contribution in [0, 0.1) is 5.92 Å². The third-order valence-electron chi connectivity index (χ3n) is 4.22. The normalized spacial score (nSPS) is 16.9. The maximum Gasteiger partial charge on any atom is 0.0393 e. The Morgan fingerprint density at radius 1 is 1.21 bits per heavy atom. The van der Waals surface area contributed by atoms with Crippen LogP contribution in [-0.2, 0) is 6.42 Å². The standard InChI is InChI=1S/C17H28N2/c1-13(2)15-5-6-17(19(3)4)16(12-15)11-14-7-9-18-10-8-14/h5-6,12-14,18H,7-11H2,1-4H3. The number of nitrogens with one attached hydrogen (secondary N) is 1. The van der Waals surface area contributed by atoms with E-state index in [9.17, 15) is 0 Å². The molecule has 2 heteroatoms. The predicted molar refractivity (Wildman–Crippen MR) is 84.2 cm³/mol. The molecule has 0 atom stereocenters. The van der Waals surface area contributed by atoms with Gasteiger partial charge in [0.15, 0.2) is 0 Å². The van der Waals surface area contributed by atoms with Crippen molar-refractivity contribution in [1.29, 1.82) is 0 Å². The molecule has 0 unspecified atom stereocenters. The fourth-order valence-electron chi connectivity index (χ4n) is 2.96. The molecule has 1 saturated heterocycles. The van der Waals surface area contributed by atoms with E-state index in [4.69, 9.17) is 0 Å². The summed E-state index contributed by atoms with van der Waals surface area (Å²) in [5, 5.41) is 3.46. The van der Waals surface area contributed by atoms with Crippen LogP contribution in [0.1, 0.15) is 43.7 Å². The number of piperidine rings is 1. The minimum absolute atomic E-state index is 0.614. The van der Waals surface area contributed by atoms with Gasteiger partial charge in [-0.2, -0.15) is 0 Å². The van der Waals surface area contributed by atoms with Gasteiger partial charge < -0.3 is 10.2 Å². The van der Waals surface area contributed by atoms with Gasteiger partial charge in [-0.3, -0.25) is 0 Å². The smallest absolute Gasteiger partial charge is 0.0393 e. The lowest BCUT2D eigenvalue weighted by Gasteiger charge is -2.26. The van der Waals surface area contributed by atoms with E-state index in [1.165, 1.54) is 49.2 Å². The Morgan fingerprint density at radius 3 is 2.47 bits per heavy atom. The molecule has 0 spiro atoms. The molecular weight excluding hydrogens is 232 g/mol. The van der Waals surface area contributed by atoms with E-state index in [2.05, 4.69) is 56.4 Å². The second kappa shape index (κ2) is 6.42. The molecule has 0 bridgehead atoms. The molecule has 1 heterocycles. The lowest BCUT2D eigenvalue weighted by atomic mass is 9.88. The molecule has 0 aromatic heterocycles. The van der Waals surface area contributed by atoms with Crippen LogP contribution in [0.3, 0.4) is 0 Å². The van der Waals surface area contributed by atoms with Gasteiger partial charge in [-0.05, 0) is 61.4 Å². The number of benzene rings is 1. The molecule has 2 rings (SSSR count). The van der Waals surface area contributed by atoms with Gasteiger partial charge in [0.25, 0.3) is 0 Å². The van der Waals surface area contributed by atoms with Crippen molar-refractivity contribution >= 4 is 5.69 Å². The fraction of sp³-hybridized carbons (Fsp3) is 0.647. The number of hydrogen-bond donors (Lipinski definition) is 1. The fourth-order valence-corrected chi connectivity index (χ4v) is 2.96. The molecule has 1 aliphatic heterocycles. The van der Waals surface area contributed by atoms with Gasteiger partial charge in [0.1, 0.15) is 0 Å². The van der Waals surface area contributed by atoms with Crippen LogP contribution >= 0.6 is 0 Å². The van der Waals surface area contributed by atoms with Crippen LogP contribution in [0.4, 0.5) is 5.69 Å².